The standard InChI is InChI=1S/C15H23N5O/c1-19-8-4-12(11-19)15(21)20-9-5-13(6-10-20)17-14-3-2-7-16-18-14/h2-3,7,12-13H,4-6,8-11H2,1H3,(H,17,18)/t12-/m1/s1. The second-order valence-corrected chi connectivity index (χ2v) is 6.10. The van der Waals surface area contributed by atoms with Gasteiger partial charge in [-0.2, -0.15) is 5.10 Å². The number of hydrogen-bond donors (Lipinski definition) is 1. The van der Waals surface area contributed by atoms with Crippen molar-refractivity contribution in [1.82, 2.24) is 20.0 Å². The van der Waals surface area contributed by atoms with Crippen LogP contribution in [0.1, 0.15) is 19.3 Å². The summed E-state index contributed by atoms with van der Waals surface area (Å²) in [5.41, 5.74) is 0. The molecule has 6 heteroatoms. The lowest BCUT2D eigenvalue weighted by atomic mass is 10.0. The molecular weight excluding hydrogens is 266 g/mol. The van der Waals surface area contributed by atoms with E-state index in [1.165, 1.54) is 0 Å². The van der Waals surface area contributed by atoms with E-state index in [-0.39, 0.29) is 5.92 Å². The Balaban J connectivity index is 1.47. The van der Waals surface area contributed by atoms with E-state index in [1.807, 2.05) is 17.0 Å². The van der Waals surface area contributed by atoms with Gasteiger partial charge in [0.05, 0.1) is 5.92 Å². The molecule has 114 valence electrons. The first kappa shape index (κ1) is 14.3. The van der Waals surface area contributed by atoms with E-state index >= 15 is 0 Å². The average Bonchev–Trinajstić information content (AvgIpc) is 2.95. The van der Waals surface area contributed by atoms with E-state index in [0.29, 0.717) is 11.9 Å². The van der Waals surface area contributed by atoms with E-state index in [9.17, 15) is 4.79 Å². The molecular formula is C15H23N5O. The maximum absolute atomic E-state index is 12.5. The van der Waals surface area contributed by atoms with Crippen LogP contribution in [-0.2, 0) is 4.79 Å². The molecule has 0 radical (unpaired) electrons. The number of amides is 1. The van der Waals surface area contributed by atoms with Gasteiger partial charge in [0.25, 0.3) is 0 Å². The normalized spacial score (nSPS) is 24.2. The first-order chi connectivity index (χ1) is 10.2. The first-order valence-corrected chi connectivity index (χ1v) is 7.74. The Morgan fingerprint density at radius 2 is 2.10 bits per heavy atom. The van der Waals surface area contributed by atoms with Crippen LogP contribution in [0.15, 0.2) is 18.3 Å². The van der Waals surface area contributed by atoms with Crippen molar-refractivity contribution in [3.05, 3.63) is 18.3 Å². The summed E-state index contributed by atoms with van der Waals surface area (Å²) in [7, 11) is 2.09. The minimum absolute atomic E-state index is 0.208. The van der Waals surface area contributed by atoms with Crippen LogP contribution in [0, 0.1) is 5.92 Å². The molecule has 3 heterocycles. The molecule has 1 amide bonds. The predicted octanol–water partition coefficient (Wildman–Crippen LogP) is 0.831. The first-order valence-electron chi connectivity index (χ1n) is 7.74. The zero-order valence-electron chi connectivity index (χ0n) is 12.5. The summed E-state index contributed by atoms with van der Waals surface area (Å²) in [5, 5.41) is 11.3. The van der Waals surface area contributed by atoms with Crippen LogP contribution >= 0.6 is 0 Å². The van der Waals surface area contributed by atoms with Crippen molar-refractivity contribution < 1.29 is 4.79 Å². The highest BCUT2D eigenvalue weighted by Crippen LogP contribution is 2.21. The summed E-state index contributed by atoms with van der Waals surface area (Å²) in [6.07, 6.45) is 4.63. The Bertz CT molecular complexity index is 472. The summed E-state index contributed by atoms with van der Waals surface area (Å²) in [6, 6.07) is 4.20. The number of aromatic nitrogens is 2. The molecule has 0 aliphatic carbocycles. The van der Waals surface area contributed by atoms with E-state index < -0.39 is 0 Å². The van der Waals surface area contributed by atoms with Crippen molar-refractivity contribution in [2.24, 2.45) is 5.92 Å². The van der Waals surface area contributed by atoms with E-state index in [4.69, 9.17) is 0 Å². The van der Waals surface area contributed by atoms with E-state index in [0.717, 1.165) is 51.3 Å². The number of piperidine rings is 1. The number of carbonyl (C=O) groups is 1. The third kappa shape index (κ3) is 3.50. The highest BCUT2D eigenvalue weighted by atomic mass is 16.2. The second kappa shape index (κ2) is 6.39. The molecule has 6 nitrogen and oxygen atoms in total. The molecule has 2 fully saturated rings. The Morgan fingerprint density at radius 3 is 2.71 bits per heavy atom. The van der Waals surface area contributed by atoms with Gasteiger partial charge < -0.3 is 15.1 Å². The zero-order chi connectivity index (χ0) is 14.7. The van der Waals surface area contributed by atoms with Gasteiger partial charge in [0, 0.05) is 31.9 Å². The molecule has 0 bridgehead atoms. The third-order valence-corrected chi connectivity index (χ3v) is 4.47. The summed E-state index contributed by atoms with van der Waals surface area (Å²) < 4.78 is 0. The summed E-state index contributed by atoms with van der Waals surface area (Å²) in [6.45, 7) is 3.64. The largest absolute Gasteiger partial charge is 0.366 e. The van der Waals surface area contributed by atoms with Gasteiger partial charge in [-0.05, 0) is 45.0 Å². The van der Waals surface area contributed by atoms with Crippen molar-refractivity contribution >= 4 is 11.7 Å². The minimum atomic E-state index is 0.208. The lowest BCUT2D eigenvalue weighted by Crippen LogP contribution is -2.45. The number of nitrogens with zero attached hydrogens (tertiary/aromatic N) is 4. The van der Waals surface area contributed by atoms with Gasteiger partial charge in [0.2, 0.25) is 5.91 Å². The van der Waals surface area contributed by atoms with E-state index in [2.05, 4.69) is 27.5 Å². The summed E-state index contributed by atoms with van der Waals surface area (Å²) in [4.78, 5) is 16.7. The SMILES string of the molecule is CN1CC[C@@H](C(=O)N2CCC(Nc3cccnn3)CC2)C1. The number of rotatable bonds is 3. The molecule has 0 unspecified atom stereocenters. The van der Waals surface area contributed by atoms with Crippen LogP contribution < -0.4 is 5.32 Å². The molecule has 0 aromatic carbocycles. The van der Waals surface area contributed by atoms with Crippen LogP contribution in [0.4, 0.5) is 5.82 Å². The highest BCUT2D eigenvalue weighted by Gasteiger charge is 2.31. The van der Waals surface area contributed by atoms with Crippen molar-refractivity contribution in [2.75, 3.05) is 38.5 Å². The Labute approximate surface area is 125 Å². The predicted molar refractivity (Wildman–Crippen MR) is 80.9 cm³/mol. The van der Waals surface area contributed by atoms with Crippen LogP contribution in [0.3, 0.4) is 0 Å². The van der Waals surface area contributed by atoms with Crippen LogP contribution in [0.2, 0.25) is 0 Å². The third-order valence-electron chi connectivity index (χ3n) is 4.47. The van der Waals surface area contributed by atoms with Crippen LogP contribution in [0.5, 0.6) is 0 Å². The summed E-state index contributed by atoms with van der Waals surface area (Å²) in [5.74, 6) is 1.37. The van der Waals surface area contributed by atoms with Crippen molar-refractivity contribution in [1.29, 1.82) is 0 Å². The monoisotopic (exact) mass is 289 g/mol. The second-order valence-electron chi connectivity index (χ2n) is 6.10. The van der Waals surface area contributed by atoms with Crippen molar-refractivity contribution in [2.45, 2.75) is 25.3 Å². The molecule has 2 saturated heterocycles. The Hall–Kier alpha value is -1.69. The Morgan fingerprint density at radius 1 is 1.29 bits per heavy atom. The van der Waals surface area contributed by atoms with Gasteiger partial charge >= 0.3 is 0 Å². The smallest absolute Gasteiger partial charge is 0.227 e. The molecule has 1 N–H and O–H groups in total. The fourth-order valence-corrected chi connectivity index (χ4v) is 3.23. The van der Waals surface area contributed by atoms with Crippen molar-refractivity contribution in [3.8, 4) is 0 Å². The molecule has 21 heavy (non-hydrogen) atoms. The Kier molecular flexibility index (Phi) is 4.34. The molecule has 1 aromatic rings. The van der Waals surface area contributed by atoms with Gasteiger partial charge in [-0.15, -0.1) is 5.10 Å². The number of likely N-dealkylation sites (tertiary alicyclic amines) is 2. The molecule has 1 aromatic heterocycles. The topological polar surface area (TPSA) is 61.4 Å². The quantitative estimate of drug-likeness (QED) is 0.893. The molecule has 1 atom stereocenters. The maximum atomic E-state index is 12.5. The molecule has 2 aliphatic heterocycles. The number of nitrogens with one attached hydrogen (secondary N) is 1. The van der Waals surface area contributed by atoms with Gasteiger partial charge in [-0.1, -0.05) is 0 Å². The van der Waals surface area contributed by atoms with Gasteiger partial charge in [-0.3, -0.25) is 4.79 Å². The van der Waals surface area contributed by atoms with Gasteiger partial charge in [0.1, 0.15) is 5.82 Å². The number of carbonyl (C=O) groups excluding carboxylic acids is 1. The maximum Gasteiger partial charge on any atom is 0.227 e. The average molecular weight is 289 g/mol. The highest BCUT2D eigenvalue weighted by molar-refractivity contribution is 5.79. The minimum Gasteiger partial charge on any atom is -0.366 e. The molecule has 0 saturated carbocycles. The summed E-state index contributed by atoms with van der Waals surface area (Å²) >= 11 is 0. The zero-order valence-corrected chi connectivity index (χ0v) is 12.5. The lowest BCUT2D eigenvalue weighted by molar-refractivity contribution is -0.136. The van der Waals surface area contributed by atoms with Crippen LogP contribution in [0.25, 0.3) is 0 Å². The van der Waals surface area contributed by atoms with E-state index in [1.54, 1.807) is 6.20 Å². The van der Waals surface area contributed by atoms with Crippen molar-refractivity contribution in [3.63, 3.8) is 0 Å². The van der Waals surface area contributed by atoms with Gasteiger partial charge in [0.15, 0.2) is 0 Å². The number of hydrogen-bond acceptors (Lipinski definition) is 5. The fraction of sp³-hybridized carbons (Fsp3) is 0.667. The van der Waals surface area contributed by atoms with Gasteiger partial charge in [-0.25, -0.2) is 0 Å². The molecule has 2 aliphatic rings. The molecule has 3 rings (SSSR count). The number of anilines is 1. The lowest BCUT2D eigenvalue weighted by Gasteiger charge is -2.34. The fourth-order valence-electron chi connectivity index (χ4n) is 3.23. The van der Waals surface area contributed by atoms with Crippen LogP contribution in [-0.4, -0.2) is 65.2 Å². The molecule has 0 spiro atoms.